The molecule has 1 aliphatic heterocycles. The summed E-state index contributed by atoms with van der Waals surface area (Å²) in [7, 11) is -3.75. The molecule has 8 heteroatoms. The smallest absolute Gasteiger partial charge is 0.243 e. The summed E-state index contributed by atoms with van der Waals surface area (Å²) < 4.78 is 28.0. The summed E-state index contributed by atoms with van der Waals surface area (Å²) in [4.78, 5) is 12.9. The Morgan fingerprint density at radius 1 is 1.23 bits per heavy atom. The van der Waals surface area contributed by atoms with Crippen molar-refractivity contribution >= 4 is 49.1 Å². The Labute approximate surface area is 166 Å². The van der Waals surface area contributed by atoms with Gasteiger partial charge < -0.3 is 5.32 Å². The maximum Gasteiger partial charge on any atom is 0.243 e. The SMILES string of the molecule is Cc1cc(Br)ccc1NC(=O)[C@@H]1CCCN1S(=O)(=O)c1ccc(Cl)cc1. The van der Waals surface area contributed by atoms with Crippen LogP contribution in [0.25, 0.3) is 0 Å². The zero-order valence-corrected chi connectivity index (χ0v) is 17.2. The zero-order valence-electron chi connectivity index (χ0n) is 14.1. The van der Waals surface area contributed by atoms with E-state index in [0.717, 1.165) is 10.0 Å². The summed E-state index contributed by atoms with van der Waals surface area (Å²) in [5.41, 5.74) is 1.58. The molecule has 0 aromatic heterocycles. The second kappa shape index (κ2) is 7.68. The van der Waals surface area contributed by atoms with Gasteiger partial charge in [0.15, 0.2) is 0 Å². The zero-order chi connectivity index (χ0) is 18.9. The highest BCUT2D eigenvalue weighted by atomic mass is 79.9. The molecule has 26 heavy (non-hydrogen) atoms. The number of anilines is 1. The minimum atomic E-state index is -3.75. The molecule has 1 amide bonds. The fourth-order valence-electron chi connectivity index (χ4n) is 3.02. The Hall–Kier alpha value is -1.41. The van der Waals surface area contributed by atoms with Crippen LogP contribution in [0.3, 0.4) is 0 Å². The first kappa shape index (κ1) is 19.4. The highest BCUT2D eigenvalue weighted by Gasteiger charge is 2.39. The van der Waals surface area contributed by atoms with Gasteiger partial charge in [-0.2, -0.15) is 4.31 Å². The maximum atomic E-state index is 12.9. The summed E-state index contributed by atoms with van der Waals surface area (Å²) in [6, 6.07) is 10.8. The van der Waals surface area contributed by atoms with E-state index in [0.29, 0.717) is 30.1 Å². The lowest BCUT2D eigenvalue weighted by molar-refractivity contribution is -0.119. The summed E-state index contributed by atoms with van der Waals surface area (Å²) >= 11 is 9.23. The van der Waals surface area contributed by atoms with Crippen molar-refractivity contribution in [2.75, 3.05) is 11.9 Å². The summed E-state index contributed by atoms with van der Waals surface area (Å²) in [5.74, 6) is -0.314. The first-order valence-corrected chi connectivity index (χ1v) is 10.7. The minimum absolute atomic E-state index is 0.140. The fraction of sp³-hybridized carbons (Fsp3) is 0.278. The second-order valence-electron chi connectivity index (χ2n) is 6.18. The van der Waals surface area contributed by atoms with Gasteiger partial charge in [-0.25, -0.2) is 8.42 Å². The van der Waals surface area contributed by atoms with Crippen LogP contribution in [0.5, 0.6) is 0 Å². The second-order valence-corrected chi connectivity index (χ2v) is 9.42. The Bertz CT molecular complexity index is 932. The third-order valence-electron chi connectivity index (χ3n) is 4.37. The number of nitrogens with one attached hydrogen (secondary N) is 1. The Balaban J connectivity index is 1.83. The van der Waals surface area contributed by atoms with Crippen LogP contribution in [0, 0.1) is 6.92 Å². The predicted molar refractivity (Wildman–Crippen MR) is 106 cm³/mol. The van der Waals surface area contributed by atoms with Crippen molar-refractivity contribution in [1.29, 1.82) is 0 Å². The lowest BCUT2D eigenvalue weighted by Gasteiger charge is -2.23. The molecule has 1 N–H and O–H groups in total. The number of carbonyl (C=O) groups is 1. The molecule has 2 aromatic carbocycles. The summed E-state index contributed by atoms with van der Waals surface area (Å²) in [6.45, 7) is 2.21. The van der Waals surface area contributed by atoms with E-state index < -0.39 is 16.1 Å². The molecule has 1 saturated heterocycles. The molecule has 0 aliphatic carbocycles. The summed E-state index contributed by atoms with van der Waals surface area (Å²) in [5, 5.41) is 3.32. The van der Waals surface area contributed by atoms with Crippen molar-refractivity contribution in [3.63, 3.8) is 0 Å². The van der Waals surface area contributed by atoms with E-state index in [1.807, 2.05) is 19.1 Å². The first-order valence-electron chi connectivity index (χ1n) is 8.13. The van der Waals surface area contributed by atoms with Gasteiger partial charge in [-0.15, -0.1) is 0 Å². The van der Waals surface area contributed by atoms with E-state index in [-0.39, 0.29) is 10.8 Å². The van der Waals surface area contributed by atoms with Crippen LogP contribution in [0.4, 0.5) is 5.69 Å². The normalized spacial score (nSPS) is 18.0. The van der Waals surface area contributed by atoms with Crippen LogP contribution in [0.15, 0.2) is 51.8 Å². The van der Waals surface area contributed by atoms with Crippen molar-refractivity contribution in [1.82, 2.24) is 4.31 Å². The average Bonchev–Trinajstić information content (AvgIpc) is 3.08. The third-order valence-corrected chi connectivity index (χ3v) is 7.04. The number of rotatable bonds is 4. The number of benzene rings is 2. The molecule has 0 saturated carbocycles. The van der Waals surface area contributed by atoms with E-state index in [1.165, 1.54) is 28.6 Å². The van der Waals surface area contributed by atoms with Crippen LogP contribution in [-0.4, -0.2) is 31.2 Å². The Morgan fingerprint density at radius 2 is 1.92 bits per heavy atom. The maximum absolute atomic E-state index is 12.9. The average molecular weight is 458 g/mol. The molecule has 0 radical (unpaired) electrons. The summed E-state index contributed by atoms with van der Waals surface area (Å²) in [6.07, 6.45) is 1.14. The van der Waals surface area contributed by atoms with Gasteiger partial charge in [-0.1, -0.05) is 27.5 Å². The van der Waals surface area contributed by atoms with E-state index in [2.05, 4.69) is 21.2 Å². The number of halogens is 2. The van der Waals surface area contributed by atoms with Crippen LogP contribution < -0.4 is 5.32 Å². The number of nitrogens with zero attached hydrogens (tertiary/aromatic N) is 1. The molecule has 0 bridgehead atoms. The van der Waals surface area contributed by atoms with Crippen LogP contribution in [0.2, 0.25) is 5.02 Å². The lowest BCUT2D eigenvalue weighted by Crippen LogP contribution is -2.43. The van der Waals surface area contributed by atoms with Gasteiger partial charge in [0.1, 0.15) is 6.04 Å². The van der Waals surface area contributed by atoms with Crippen LogP contribution >= 0.6 is 27.5 Å². The van der Waals surface area contributed by atoms with Gasteiger partial charge in [0.05, 0.1) is 4.90 Å². The standard InChI is InChI=1S/C18H18BrClN2O3S/c1-12-11-13(19)4-9-16(12)21-18(23)17-3-2-10-22(17)26(24,25)15-7-5-14(20)6-8-15/h4-9,11,17H,2-3,10H2,1H3,(H,21,23)/t17-/m0/s1. The topological polar surface area (TPSA) is 66.5 Å². The predicted octanol–water partition coefficient (Wildman–Crippen LogP) is 4.20. The molecule has 2 aromatic rings. The molecule has 0 unspecified atom stereocenters. The molecule has 3 rings (SSSR count). The number of aryl methyl sites for hydroxylation is 1. The Morgan fingerprint density at radius 3 is 2.58 bits per heavy atom. The number of amides is 1. The van der Waals surface area contributed by atoms with Crippen molar-refractivity contribution in [2.45, 2.75) is 30.7 Å². The van der Waals surface area contributed by atoms with Gasteiger partial charge in [-0.3, -0.25) is 4.79 Å². The minimum Gasteiger partial charge on any atom is -0.324 e. The number of carbonyl (C=O) groups excluding carboxylic acids is 1. The molecular formula is C18H18BrClN2O3S. The van der Waals surface area contributed by atoms with Gasteiger partial charge in [0, 0.05) is 21.7 Å². The number of sulfonamides is 1. The van der Waals surface area contributed by atoms with Gasteiger partial charge in [-0.05, 0) is 67.8 Å². The van der Waals surface area contributed by atoms with Crippen molar-refractivity contribution in [3.05, 3.63) is 57.5 Å². The van der Waals surface area contributed by atoms with Crippen molar-refractivity contribution in [2.24, 2.45) is 0 Å². The van der Waals surface area contributed by atoms with Gasteiger partial charge >= 0.3 is 0 Å². The van der Waals surface area contributed by atoms with E-state index >= 15 is 0 Å². The van der Waals surface area contributed by atoms with E-state index in [4.69, 9.17) is 11.6 Å². The van der Waals surface area contributed by atoms with Crippen molar-refractivity contribution in [3.8, 4) is 0 Å². The van der Waals surface area contributed by atoms with Crippen LogP contribution in [-0.2, 0) is 14.8 Å². The highest BCUT2D eigenvalue weighted by molar-refractivity contribution is 9.10. The molecule has 1 aliphatic rings. The number of hydrogen-bond acceptors (Lipinski definition) is 3. The molecule has 1 heterocycles. The lowest BCUT2D eigenvalue weighted by atomic mass is 10.1. The quantitative estimate of drug-likeness (QED) is 0.748. The third kappa shape index (κ3) is 3.96. The monoisotopic (exact) mass is 456 g/mol. The molecule has 5 nitrogen and oxygen atoms in total. The van der Waals surface area contributed by atoms with E-state index in [9.17, 15) is 13.2 Å². The molecule has 1 atom stereocenters. The molecule has 1 fully saturated rings. The molecule has 138 valence electrons. The van der Waals surface area contributed by atoms with E-state index in [1.54, 1.807) is 6.07 Å². The molecular weight excluding hydrogens is 440 g/mol. The fourth-order valence-corrected chi connectivity index (χ4v) is 5.27. The van der Waals surface area contributed by atoms with Crippen molar-refractivity contribution < 1.29 is 13.2 Å². The largest absolute Gasteiger partial charge is 0.324 e. The van der Waals surface area contributed by atoms with Gasteiger partial charge in [0.2, 0.25) is 15.9 Å². The van der Waals surface area contributed by atoms with Crippen LogP contribution in [0.1, 0.15) is 18.4 Å². The highest BCUT2D eigenvalue weighted by Crippen LogP contribution is 2.28. The first-order chi connectivity index (χ1) is 12.3. The molecule has 0 spiro atoms. The Kier molecular flexibility index (Phi) is 5.72. The van der Waals surface area contributed by atoms with Gasteiger partial charge in [0.25, 0.3) is 0 Å². The number of hydrogen-bond donors (Lipinski definition) is 1.